The van der Waals surface area contributed by atoms with Gasteiger partial charge in [-0.2, -0.15) is 0 Å². The Morgan fingerprint density at radius 2 is 2.41 bits per heavy atom. The summed E-state index contributed by atoms with van der Waals surface area (Å²) in [6.07, 6.45) is 5.07. The van der Waals surface area contributed by atoms with Crippen LogP contribution in [0.5, 0.6) is 0 Å². The first-order valence-electron chi connectivity index (χ1n) is 5.72. The predicted octanol–water partition coefficient (Wildman–Crippen LogP) is 2.22. The Hall–Kier alpha value is -1.14. The molecule has 17 heavy (non-hydrogen) atoms. The number of thioether (sulfide) groups is 1. The zero-order valence-electron chi connectivity index (χ0n) is 9.46. The molecule has 0 unspecified atom stereocenters. The fourth-order valence-electron chi connectivity index (χ4n) is 1.82. The first-order chi connectivity index (χ1) is 8.25. The van der Waals surface area contributed by atoms with Gasteiger partial charge in [-0.1, -0.05) is 6.42 Å². The largest absolute Gasteiger partial charge is 0.313 e. The van der Waals surface area contributed by atoms with E-state index in [0.717, 1.165) is 17.3 Å². The highest BCUT2D eigenvalue weighted by Crippen LogP contribution is 2.21. The molecule has 0 radical (unpaired) electrons. The van der Waals surface area contributed by atoms with E-state index >= 15 is 0 Å². The standard InChI is InChI=1S/C11H15N3O2S/c15-14(16)10-4-5-11(13-7-10)17-8-9-3-1-2-6-12-9/h4-5,7,9,12H,1-3,6,8H2/t9-/m0/s1. The number of pyridine rings is 1. The molecule has 0 bridgehead atoms. The van der Waals surface area contributed by atoms with Crippen molar-refractivity contribution in [3.63, 3.8) is 0 Å². The number of nitrogens with zero attached hydrogens (tertiary/aromatic N) is 2. The number of nitrogens with one attached hydrogen (secondary N) is 1. The van der Waals surface area contributed by atoms with Crippen LogP contribution in [0.25, 0.3) is 0 Å². The maximum Gasteiger partial charge on any atom is 0.287 e. The molecule has 0 aliphatic carbocycles. The summed E-state index contributed by atoms with van der Waals surface area (Å²) < 4.78 is 0. The van der Waals surface area contributed by atoms with Crippen molar-refractivity contribution in [2.75, 3.05) is 12.3 Å². The van der Waals surface area contributed by atoms with Crippen LogP contribution in [0.2, 0.25) is 0 Å². The van der Waals surface area contributed by atoms with Crippen molar-refractivity contribution in [1.82, 2.24) is 10.3 Å². The lowest BCUT2D eigenvalue weighted by molar-refractivity contribution is -0.385. The van der Waals surface area contributed by atoms with E-state index in [0.29, 0.717) is 6.04 Å². The highest BCUT2D eigenvalue weighted by molar-refractivity contribution is 7.99. The zero-order chi connectivity index (χ0) is 12.1. The molecule has 92 valence electrons. The highest BCUT2D eigenvalue weighted by atomic mass is 32.2. The fraction of sp³-hybridized carbons (Fsp3) is 0.545. The predicted molar refractivity (Wildman–Crippen MR) is 67.3 cm³/mol. The van der Waals surface area contributed by atoms with Gasteiger partial charge >= 0.3 is 0 Å². The minimum absolute atomic E-state index is 0.0464. The van der Waals surface area contributed by atoms with Crippen molar-refractivity contribution >= 4 is 17.4 Å². The first kappa shape index (κ1) is 12.3. The zero-order valence-corrected chi connectivity index (χ0v) is 10.3. The molecule has 1 atom stereocenters. The van der Waals surface area contributed by atoms with Crippen LogP contribution in [0.3, 0.4) is 0 Å². The molecule has 0 saturated carbocycles. The molecule has 1 aliphatic heterocycles. The molecule has 0 amide bonds. The maximum atomic E-state index is 10.5. The molecule has 1 N–H and O–H groups in total. The molecule has 0 aromatic carbocycles. The van der Waals surface area contributed by atoms with Gasteiger partial charge in [-0.25, -0.2) is 4.98 Å². The van der Waals surface area contributed by atoms with E-state index in [-0.39, 0.29) is 5.69 Å². The SMILES string of the molecule is O=[N+]([O-])c1ccc(SC[C@@H]2CCCCN2)nc1. The van der Waals surface area contributed by atoms with Gasteiger partial charge in [0.2, 0.25) is 0 Å². The first-order valence-corrected chi connectivity index (χ1v) is 6.71. The molecule has 2 rings (SSSR count). The van der Waals surface area contributed by atoms with Crippen LogP contribution in [0.4, 0.5) is 5.69 Å². The summed E-state index contributed by atoms with van der Waals surface area (Å²) in [5, 5.41) is 14.8. The quantitative estimate of drug-likeness (QED) is 0.506. The van der Waals surface area contributed by atoms with Gasteiger partial charge in [0.1, 0.15) is 6.20 Å². The van der Waals surface area contributed by atoms with Gasteiger partial charge in [0.25, 0.3) is 5.69 Å². The van der Waals surface area contributed by atoms with Crippen LogP contribution in [0.15, 0.2) is 23.4 Å². The van der Waals surface area contributed by atoms with Gasteiger partial charge in [0.05, 0.1) is 9.95 Å². The molecule has 1 aromatic rings. The molecule has 2 heterocycles. The maximum absolute atomic E-state index is 10.5. The van der Waals surface area contributed by atoms with Gasteiger partial charge in [0.15, 0.2) is 0 Å². The van der Waals surface area contributed by atoms with E-state index in [2.05, 4.69) is 10.3 Å². The van der Waals surface area contributed by atoms with Gasteiger partial charge in [-0.15, -0.1) is 11.8 Å². The summed E-state index contributed by atoms with van der Waals surface area (Å²) in [5.74, 6) is 0.977. The third-order valence-corrected chi connectivity index (χ3v) is 3.88. The van der Waals surface area contributed by atoms with E-state index in [9.17, 15) is 10.1 Å². The van der Waals surface area contributed by atoms with Gasteiger partial charge in [0, 0.05) is 17.9 Å². The topological polar surface area (TPSA) is 68.1 Å². The molecular formula is C11H15N3O2S. The summed E-state index contributed by atoms with van der Waals surface area (Å²) in [6.45, 7) is 1.10. The molecular weight excluding hydrogens is 238 g/mol. The summed E-state index contributed by atoms with van der Waals surface area (Å²) in [5.41, 5.74) is 0.0464. The van der Waals surface area contributed by atoms with Crippen LogP contribution >= 0.6 is 11.8 Å². The second kappa shape index (κ2) is 5.97. The van der Waals surface area contributed by atoms with Crippen LogP contribution < -0.4 is 5.32 Å². The molecule has 6 heteroatoms. The number of rotatable bonds is 4. The smallest absolute Gasteiger partial charge is 0.287 e. The Morgan fingerprint density at radius 3 is 3.00 bits per heavy atom. The number of hydrogen-bond donors (Lipinski definition) is 1. The number of nitro groups is 1. The minimum Gasteiger partial charge on any atom is -0.313 e. The Labute approximate surface area is 104 Å². The lowest BCUT2D eigenvalue weighted by Gasteiger charge is -2.22. The van der Waals surface area contributed by atoms with Crippen molar-refractivity contribution in [3.8, 4) is 0 Å². The summed E-state index contributed by atoms with van der Waals surface area (Å²) >= 11 is 1.65. The van der Waals surface area contributed by atoms with Crippen molar-refractivity contribution in [2.45, 2.75) is 30.3 Å². The second-order valence-electron chi connectivity index (χ2n) is 4.07. The normalized spacial score (nSPS) is 20.1. The lowest BCUT2D eigenvalue weighted by atomic mass is 10.1. The Morgan fingerprint density at radius 1 is 1.53 bits per heavy atom. The van der Waals surface area contributed by atoms with Gasteiger partial charge in [-0.3, -0.25) is 10.1 Å². The van der Waals surface area contributed by atoms with E-state index in [1.54, 1.807) is 17.8 Å². The van der Waals surface area contributed by atoms with Crippen LogP contribution in [-0.2, 0) is 0 Å². The molecule has 1 saturated heterocycles. The van der Waals surface area contributed by atoms with Crippen molar-refractivity contribution in [3.05, 3.63) is 28.4 Å². The van der Waals surface area contributed by atoms with Crippen LogP contribution in [0, 0.1) is 10.1 Å². The molecule has 1 aromatic heterocycles. The Balaban J connectivity index is 1.84. The van der Waals surface area contributed by atoms with E-state index in [4.69, 9.17) is 0 Å². The average Bonchev–Trinajstić information content (AvgIpc) is 2.38. The Bertz CT molecular complexity index is 377. The highest BCUT2D eigenvalue weighted by Gasteiger charge is 2.13. The summed E-state index contributed by atoms with van der Waals surface area (Å²) in [6, 6.07) is 3.76. The average molecular weight is 253 g/mol. The van der Waals surface area contributed by atoms with Crippen molar-refractivity contribution in [2.24, 2.45) is 0 Å². The van der Waals surface area contributed by atoms with Crippen molar-refractivity contribution in [1.29, 1.82) is 0 Å². The van der Waals surface area contributed by atoms with Crippen molar-refractivity contribution < 1.29 is 4.92 Å². The van der Waals surface area contributed by atoms with E-state index in [1.165, 1.54) is 31.5 Å². The minimum atomic E-state index is -0.426. The Kier molecular flexibility index (Phi) is 4.33. The summed E-state index contributed by atoms with van der Waals surface area (Å²) in [4.78, 5) is 14.1. The molecule has 5 nitrogen and oxygen atoms in total. The third kappa shape index (κ3) is 3.67. The number of hydrogen-bond acceptors (Lipinski definition) is 5. The van der Waals surface area contributed by atoms with Crippen LogP contribution in [0.1, 0.15) is 19.3 Å². The summed E-state index contributed by atoms with van der Waals surface area (Å²) in [7, 11) is 0. The molecule has 1 fully saturated rings. The third-order valence-electron chi connectivity index (χ3n) is 2.78. The van der Waals surface area contributed by atoms with Gasteiger partial charge < -0.3 is 5.32 Å². The molecule has 0 spiro atoms. The van der Waals surface area contributed by atoms with Gasteiger partial charge in [-0.05, 0) is 25.5 Å². The molecule has 1 aliphatic rings. The number of aromatic nitrogens is 1. The number of piperidine rings is 1. The van der Waals surface area contributed by atoms with E-state index in [1.807, 2.05) is 0 Å². The van der Waals surface area contributed by atoms with Crippen LogP contribution in [-0.4, -0.2) is 28.2 Å². The monoisotopic (exact) mass is 253 g/mol. The second-order valence-corrected chi connectivity index (χ2v) is 5.11. The van der Waals surface area contributed by atoms with E-state index < -0.39 is 4.92 Å². The lowest BCUT2D eigenvalue weighted by Crippen LogP contribution is -2.35. The fourth-order valence-corrected chi connectivity index (χ4v) is 2.77.